The van der Waals surface area contributed by atoms with E-state index in [0.29, 0.717) is 5.41 Å². The molecule has 2 fully saturated rings. The number of rotatable bonds is 4. The van der Waals surface area contributed by atoms with Crippen molar-refractivity contribution in [1.82, 2.24) is 9.80 Å². The third-order valence-corrected chi connectivity index (χ3v) is 6.16. The molecule has 0 atom stereocenters. The molecule has 1 amide bonds. The van der Waals surface area contributed by atoms with Crippen molar-refractivity contribution >= 4 is 17.5 Å². The molecule has 1 spiro atoms. The van der Waals surface area contributed by atoms with Crippen molar-refractivity contribution in [1.29, 1.82) is 0 Å². The number of hydrogen-bond donors (Lipinski definition) is 0. The Balaban J connectivity index is 1.51. The van der Waals surface area contributed by atoms with Gasteiger partial charge in [0.25, 0.3) is 0 Å². The number of methoxy groups -OCH3 is 1. The van der Waals surface area contributed by atoms with E-state index < -0.39 is 0 Å². The second-order valence-corrected chi connectivity index (χ2v) is 8.01. The second kappa shape index (κ2) is 8.52. The SMILES string of the molecule is COCC(=O)N1CCC2(CCCN(Cc3ccc(Cl)cc3)CC2)CC1. The lowest BCUT2D eigenvalue weighted by Gasteiger charge is -2.41. The lowest BCUT2D eigenvalue weighted by molar-refractivity contribution is -0.137. The lowest BCUT2D eigenvalue weighted by atomic mass is 9.73. The van der Waals surface area contributed by atoms with Gasteiger partial charge in [0.05, 0.1) is 0 Å². The van der Waals surface area contributed by atoms with E-state index in [1.54, 1.807) is 7.11 Å². The molecule has 0 aromatic heterocycles. The summed E-state index contributed by atoms with van der Waals surface area (Å²) in [7, 11) is 1.59. The molecule has 3 rings (SSSR count). The van der Waals surface area contributed by atoms with Gasteiger partial charge in [-0.3, -0.25) is 9.69 Å². The van der Waals surface area contributed by atoms with Crippen LogP contribution in [0.15, 0.2) is 24.3 Å². The summed E-state index contributed by atoms with van der Waals surface area (Å²) in [6.45, 7) is 5.30. The van der Waals surface area contributed by atoms with Crippen LogP contribution >= 0.6 is 11.6 Å². The third-order valence-electron chi connectivity index (χ3n) is 5.90. The highest BCUT2D eigenvalue weighted by atomic mass is 35.5. The van der Waals surface area contributed by atoms with E-state index in [1.165, 1.54) is 24.8 Å². The first-order valence-corrected chi connectivity index (χ1v) is 9.72. The fourth-order valence-electron chi connectivity index (χ4n) is 4.26. The first-order valence-electron chi connectivity index (χ1n) is 9.34. The molecule has 0 radical (unpaired) electrons. The maximum absolute atomic E-state index is 12.0. The van der Waals surface area contributed by atoms with E-state index in [-0.39, 0.29) is 12.5 Å². The molecule has 5 heteroatoms. The van der Waals surface area contributed by atoms with Crippen LogP contribution in [-0.4, -0.2) is 55.6 Å². The summed E-state index contributed by atoms with van der Waals surface area (Å²) in [4.78, 5) is 16.5. The van der Waals surface area contributed by atoms with Crippen LogP contribution in [0.1, 0.15) is 37.7 Å². The Bertz CT molecular complexity index is 568. The van der Waals surface area contributed by atoms with Crippen LogP contribution in [0.4, 0.5) is 0 Å². The van der Waals surface area contributed by atoms with Gasteiger partial charge in [0.15, 0.2) is 0 Å². The van der Waals surface area contributed by atoms with Crippen molar-refractivity contribution in [2.24, 2.45) is 5.41 Å². The number of halogens is 1. The Kier molecular flexibility index (Phi) is 6.37. The number of carbonyl (C=O) groups excluding carboxylic acids is 1. The van der Waals surface area contributed by atoms with Gasteiger partial charge < -0.3 is 9.64 Å². The van der Waals surface area contributed by atoms with E-state index in [0.717, 1.165) is 50.6 Å². The number of benzene rings is 1. The van der Waals surface area contributed by atoms with Crippen LogP contribution in [-0.2, 0) is 16.1 Å². The molecular formula is C20H29ClN2O2. The van der Waals surface area contributed by atoms with Gasteiger partial charge in [-0.2, -0.15) is 0 Å². The van der Waals surface area contributed by atoms with Crippen molar-refractivity contribution in [2.45, 2.75) is 38.6 Å². The zero-order valence-corrected chi connectivity index (χ0v) is 15.9. The van der Waals surface area contributed by atoms with Crippen molar-refractivity contribution in [3.05, 3.63) is 34.9 Å². The van der Waals surface area contributed by atoms with E-state index >= 15 is 0 Å². The van der Waals surface area contributed by atoms with Gasteiger partial charge in [-0.1, -0.05) is 23.7 Å². The van der Waals surface area contributed by atoms with E-state index in [2.05, 4.69) is 17.0 Å². The standard InChI is InChI=1S/C20H29ClN2O2/c1-25-16-19(24)23-13-9-20(10-14-23)7-2-11-22(12-8-20)15-17-3-5-18(21)6-4-17/h3-6H,2,7-16H2,1H3. The van der Waals surface area contributed by atoms with Crippen molar-refractivity contribution in [2.75, 3.05) is 39.9 Å². The third kappa shape index (κ3) is 4.96. The largest absolute Gasteiger partial charge is 0.375 e. The van der Waals surface area contributed by atoms with Gasteiger partial charge in [-0.25, -0.2) is 0 Å². The summed E-state index contributed by atoms with van der Waals surface area (Å²) in [6.07, 6.45) is 6.05. The maximum Gasteiger partial charge on any atom is 0.248 e. The fraction of sp³-hybridized carbons (Fsp3) is 0.650. The summed E-state index contributed by atoms with van der Waals surface area (Å²) >= 11 is 5.98. The number of ether oxygens (including phenoxy) is 1. The van der Waals surface area contributed by atoms with Gasteiger partial charge in [0.1, 0.15) is 6.61 Å². The Labute approximate surface area is 156 Å². The number of likely N-dealkylation sites (tertiary alicyclic amines) is 2. The molecule has 2 aliphatic rings. The Hall–Kier alpha value is -1.10. The highest BCUT2D eigenvalue weighted by Gasteiger charge is 2.36. The van der Waals surface area contributed by atoms with E-state index in [9.17, 15) is 4.79 Å². The molecule has 0 unspecified atom stereocenters. The van der Waals surface area contributed by atoms with Crippen LogP contribution in [0.25, 0.3) is 0 Å². The second-order valence-electron chi connectivity index (χ2n) is 7.57. The van der Waals surface area contributed by atoms with Crippen molar-refractivity contribution < 1.29 is 9.53 Å². The highest BCUT2D eigenvalue weighted by molar-refractivity contribution is 6.30. The molecule has 0 aliphatic carbocycles. The fourth-order valence-corrected chi connectivity index (χ4v) is 4.39. The van der Waals surface area contributed by atoms with Gasteiger partial charge in [-0.05, 0) is 68.3 Å². The summed E-state index contributed by atoms with van der Waals surface area (Å²) in [5.41, 5.74) is 1.76. The molecule has 1 aromatic rings. The van der Waals surface area contributed by atoms with Crippen LogP contribution in [0.5, 0.6) is 0 Å². The summed E-state index contributed by atoms with van der Waals surface area (Å²) in [5.74, 6) is 0.135. The molecule has 0 N–H and O–H groups in total. The summed E-state index contributed by atoms with van der Waals surface area (Å²) < 4.78 is 4.99. The zero-order valence-electron chi connectivity index (χ0n) is 15.2. The van der Waals surface area contributed by atoms with Crippen LogP contribution in [0.3, 0.4) is 0 Å². The van der Waals surface area contributed by atoms with Gasteiger partial charge in [-0.15, -0.1) is 0 Å². The first-order chi connectivity index (χ1) is 12.1. The van der Waals surface area contributed by atoms with E-state index in [4.69, 9.17) is 16.3 Å². The number of hydrogen-bond acceptors (Lipinski definition) is 3. The minimum absolute atomic E-state index is 0.135. The molecule has 2 saturated heterocycles. The van der Waals surface area contributed by atoms with Crippen LogP contribution in [0, 0.1) is 5.41 Å². The molecule has 4 nitrogen and oxygen atoms in total. The van der Waals surface area contributed by atoms with Gasteiger partial charge in [0, 0.05) is 31.8 Å². The van der Waals surface area contributed by atoms with E-state index in [1.807, 2.05) is 17.0 Å². The first kappa shape index (κ1) is 18.7. The normalized spacial score (nSPS) is 21.3. The summed E-state index contributed by atoms with van der Waals surface area (Å²) in [6, 6.07) is 8.21. The average Bonchev–Trinajstić information content (AvgIpc) is 2.81. The Morgan fingerprint density at radius 3 is 2.44 bits per heavy atom. The number of nitrogens with zero attached hydrogens (tertiary/aromatic N) is 2. The van der Waals surface area contributed by atoms with Gasteiger partial charge in [0.2, 0.25) is 5.91 Å². The Morgan fingerprint density at radius 2 is 1.76 bits per heavy atom. The predicted molar refractivity (Wildman–Crippen MR) is 101 cm³/mol. The van der Waals surface area contributed by atoms with Crippen molar-refractivity contribution in [3.8, 4) is 0 Å². The van der Waals surface area contributed by atoms with Gasteiger partial charge >= 0.3 is 0 Å². The predicted octanol–water partition coefficient (Wildman–Crippen LogP) is 3.58. The number of amides is 1. The smallest absolute Gasteiger partial charge is 0.248 e. The number of carbonyl (C=O) groups is 1. The molecule has 0 bridgehead atoms. The molecule has 0 saturated carbocycles. The minimum Gasteiger partial charge on any atom is -0.375 e. The molecule has 25 heavy (non-hydrogen) atoms. The molecule has 1 aromatic carbocycles. The lowest BCUT2D eigenvalue weighted by Crippen LogP contribution is -2.44. The molecule has 2 aliphatic heterocycles. The van der Waals surface area contributed by atoms with Crippen molar-refractivity contribution in [3.63, 3.8) is 0 Å². The Morgan fingerprint density at radius 1 is 1.08 bits per heavy atom. The van der Waals surface area contributed by atoms with Crippen LogP contribution in [0.2, 0.25) is 5.02 Å². The molecule has 2 heterocycles. The average molecular weight is 365 g/mol. The number of piperidine rings is 1. The quantitative estimate of drug-likeness (QED) is 0.818. The zero-order chi connectivity index (χ0) is 17.7. The van der Waals surface area contributed by atoms with Crippen LogP contribution < -0.4 is 0 Å². The molecule has 138 valence electrons. The monoisotopic (exact) mass is 364 g/mol. The summed E-state index contributed by atoms with van der Waals surface area (Å²) in [5, 5.41) is 0.799. The maximum atomic E-state index is 12.0. The minimum atomic E-state index is 0.135. The topological polar surface area (TPSA) is 32.8 Å². The highest BCUT2D eigenvalue weighted by Crippen LogP contribution is 2.41. The molecular weight excluding hydrogens is 336 g/mol.